The molecular formula is C6H13ClFNO. The average Bonchev–Trinajstić information content (AvgIpc) is 1.90. The van der Waals surface area contributed by atoms with E-state index in [1.165, 1.54) is 0 Å². The number of aliphatic hydroxyl groups excluding tert-OH is 1. The Kier molecular flexibility index (Phi) is 4.95. The second-order valence-electron chi connectivity index (χ2n) is 2.46. The molecule has 1 rings (SSSR count). The first-order valence-corrected chi connectivity index (χ1v) is 3.31. The fourth-order valence-electron chi connectivity index (χ4n) is 1.04. The van der Waals surface area contributed by atoms with E-state index >= 15 is 0 Å². The van der Waals surface area contributed by atoms with Crippen LogP contribution in [0.3, 0.4) is 0 Å². The molecule has 0 amide bonds. The molecule has 10 heavy (non-hydrogen) atoms. The van der Waals surface area contributed by atoms with Crippen LogP contribution in [0.25, 0.3) is 0 Å². The highest BCUT2D eigenvalue weighted by Crippen LogP contribution is 2.09. The van der Waals surface area contributed by atoms with Crippen LogP contribution in [0.5, 0.6) is 0 Å². The molecular weight excluding hydrogens is 157 g/mol. The Hall–Kier alpha value is 0.140. The molecule has 0 radical (unpaired) electrons. The highest BCUT2D eigenvalue weighted by Gasteiger charge is 2.18. The lowest BCUT2D eigenvalue weighted by Crippen LogP contribution is -2.41. The summed E-state index contributed by atoms with van der Waals surface area (Å²) < 4.78 is 12.3. The maximum absolute atomic E-state index is 12.3. The van der Waals surface area contributed by atoms with Crippen molar-refractivity contribution >= 4 is 12.4 Å². The number of halogens is 2. The van der Waals surface area contributed by atoms with Gasteiger partial charge >= 0.3 is 0 Å². The lowest BCUT2D eigenvalue weighted by atomic mass is 10.0. The quantitative estimate of drug-likeness (QED) is 0.599. The van der Waals surface area contributed by atoms with Gasteiger partial charge in [0.25, 0.3) is 0 Å². The summed E-state index contributed by atoms with van der Waals surface area (Å²) in [6, 6.07) is 0.136. The minimum absolute atomic E-state index is 0. The fraction of sp³-hybridized carbons (Fsp3) is 1.00. The van der Waals surface area contributed by atoms with Crippen molar-refractivity contribution < 1.29 is 9.50 Å². The van der Waals surface area contributed by atoms with Crippen molar-refractivity contribution in [2.45, 2.75) is 25.1 Å². The number of piperidine rings is 1. The molecule has 1 aliphatic rings. The smallest absolute Gasteiger partial charge is 0.113 e. The summed E-state index contributed by atoms with van der Waals surface area (Å²) in [4.78, 5) is 0. The Morgan fingerprint density at radius 3 is 2.60 bits per heavy atom. The van der Waals surface area contributed by atoms with Crippen molar-refractivity contribution in [1.82, 2.24) is 5.32 Å². The number of aliphatic hydroxyl groups is 1. The first-order valence-electron chi connectivity index (χ1n) is 3.31. The zero-order valence-electron chi connectivity index (χ0n) is 5.72. The maximum Gasteiger partial charge on any atom is 0.113 e. The van der Waals surface area contributed by atoms with Crippen LogP contribution in [0.15, 0.2) is 0 Å². The van der Waals surface area contributed by atoms with E-state index in [1.807, 2.05) is 0 Å². The highest BCUT2D eigenvalue weighted by atomic mass is 35.5. The molecule has 0 saturated carbocycles. The van der Waals surface area contributed by atoms with E-state index in [-0.39, 0.29) is 25.1 Å². The SMILES string of the molecule is Cl.OC[C@H]1CC[C@@H](F)CN1. The normalized spacial score (nSPS) is 33.0. The van der Waals surface area contributed by atoms with E-state index < -0.39 is 6.17 Å². The van der Waals surface area contributed by atoms with Gasteiger partial charge in [0.1, 0.15) is 6.17 Å². The summed E-state index contributed by atoms with van der Waals surface area (Å²) in [7, 11) is 0. The molecule has 0 unspecified atom stereocenters. The molecule has 2 N–H and O–H groups in total. The summed E-state index contributed by atoms with van der Waals surface area (Å²) in [5, 5.41) is 11.5. The van der Waals surface area contributed by atoms with E-state index in [0.717, 1.165) is 6.42 Å². The van der Waals surface area contributed by atoms with Crippen LogP contribution in [0.2, 0.25) is 0 Å². The Balaban J connectivity index is 0.000000810. The first-order chi connectivity index (χ1) is 4.33. The van der Waals surface area contributed by atoms with E-state index in [4.69, 9.17) is 5.11 Å². The monoisotopic (exact) mass is 169 g/mol. The van der Waals surface area contributed by atoms with Crippen molar-refractivity contribution in [3.8, 4) is 0 Å². The van der Waals surface area contributed by atoms with Gasteiger partial charge in [0, 0.05) is 12.6 Å². The molecule has 0 aromatic heterocycles. The predicted molar refractivity (Wildman–Crippen MR) is 40.3 cm³/mol. The summed E-state index contributed by atoms with van der Waals surface area (Å²) in [6.07, 6.45) is 0.656. The number of alkyl halides is 1. The molecule has 0 bridgehead atoms. The third kappa shape index (κ3) is 2.82. The largest absolute Gasteiger partial charge is 0.395 e. The molecule has 4 heteroatoms. The lowest BCUT2D eigenvalue weighted by molar-refractivity contribution is 0.174. The van der Waals surface area contributed by atoms with Crippen molar-refractivity contribution in [2.24, 2.45) is 0 Å². The predicted octanol–water partition coefficient (Wildman–Crippen LogP) is 0.491. The fourth-order valence-corrected chi connectivity index (χ4v) is 1.04. The van der Waals surface area contributed by atoms with Crippen LogP contribution in [-0.4, -0.2) is 30.5 Å². The molecule has 0 aromatic rings. The van der Waals surface area contributed by atoms with Crippen LogP contribution in [0.4, 0.5) is 4.39 Å². The molecule has 1 fully saturated rings. The zero-order chi connectivity index (χ0) is 6.69. The van der Waals surface area contributed by atoms with E-state index in [1.54, 1.807) is 0 Å². The topological polar surface area (TPSA) is 32.3 Å². The van der Waals surface area contributed by atoms with Gasteiger partial charge in [0.05, 0.1) is 6.61 Å². The highest BCUT2D eigenvalue weighted by molar-refractivity contribution is 5.85. The molecule has 2 atom stereocenters. The van der Waals surface area contributed by atoms with Crippen molar-refractivity contribution in [1.29, 1.82) is 0 Å². The Morgan fingerprint density at radius 2 is 2.20 bits per heavy atom. The molecule has 62 valence electrons. The van der Waals surface area contributed by atoms with Crippen molar-refractivity contribution in [3.63, 3.8) is 0 Å². The van der Waals surface area contributed by atoms with Crippen LogP contribution < -0.4 is 5.32 Å². The second-order valence-corrected chi connectivity index (χ2v) is 2.46. The number of hydrogen-bond donors (Lipinski definition) is 2. The van der Waals surface area contributed by atoms with Gasteiger partial charge in [-0.15, -0.1) is 12.4 Å². The third-order valence-electron chi connectivity index (χ3n) is 1.68. The second kappa shape index (κ2) is 4.88. The third-order valence-corrected chi connectivity index (χ3v) is 1.68. The molecule has 2 nitrogen and oxygen atoms in total. The Bertz CT molecular complexity index is 85.8. The van der Waals surface area contributed by atoms with Crippen LogP contribution in [-0.2, 0) is 0 Å². The van der Waals surface area contributed by atoms with Gasteiger partial charge in [0.15, 0.2) is 0 Å². The zero-order valence-corrected chi connectivity index (χ0v) is 6.53. The number of nitrogens with one attached hydrogen (secondary N) is 1. The van der Waals surface area contributed by atoms with Gasteiger partial charge < -0.3 is 10.4 Å². The standard InChI is InChI=1S/C6H12FNO.ClH/c7-5-1-2-6(4-9)8-3-5;/h5-6,8-9H,1-4H2;1H/t5-,6-;/m1./s1. The van der Waals surface area contributed by atoms with Crippen LogP contribution in [0.1, 0.15) is 12.8 Å². The Labute approximate surface area is 66.2 Å². The summed E-state index contributed by atoms with van der Waals surface area (Å²) >= 11 is 0. The van der Waals surface area contributed by atoms with E-state index in [2.05, 4.69) is 5.32 Å². The molecule has 0 aliphatic carbocycles. The van der Waals surface area contributed by atoms with Gasteiger partial charge in [0.2, 0.25) is 0 Å². The lowest BCUT2D eigenvalue weighted by Gasteiger charge is -2.23. The van der Waals surface area contributed by atoms with Gasteiger partial charge in [-0.3, -0.25) is 0 Å². The van der Waals surface area contributed by atoms with E-state index in [0.29, 0.717) is 13.0 Å². The Morgan fingerprint density at radius 1 is 1.50 bits per heavy atom. The molecule has 1 saturated heterocycles. The number of rotatable bonds is 1. The number of hydrogen-bond acceptors (Lipinski definition) is 2. The minimum Gasteiger partial charge on any atom is -0.395 e. The molecule has 0 spiro atoms. The van der Waals surface area contributed by atoms with Gasteiger partial charge in [-0.25, -0.2) is 4.39 Å². The molecule has 0 aromatic carbocycles. The van der Waals surface area contributed by atoms with Gasteiger partial charge in [-0.05, 0) is 12.8 Å². The molecule has 1 heterocycles. The first kappa shape index (κ1) is 10.1. The van der Waals surface area contributed by atoms with Crippen molar-refractivity contribution in [3.05, 3.63) is 0 Å². The van der Waals surface area contributed by atoms with Gasteiger partial charge in [-0.1, -0.05) is 0 Å². The summed E-state index contributed by atoms with van der Waals surface area (Å²) in [6.45, 7) is 0.540. The maximum atomic E-state index is 12.3. The average molecular weight is 170 g/mol. The summed E-state index contributed by atoms with van der Waals surface area (Å²) in [5.74, 6) is 0. The van der Waals surface area contributed by atoms with Crippen LogP contribution >= 0.6 is 12.4 Å². The summed E-state index contributed by atoms with van der Waals surface area (Å²) in [5.41, 5.74) is 0. The van der Waals surface area contributed by atoms with Crippen molar-refractivity contribution in [2.75, 3.05) is 13.2 Å². The van der Waals surface area contributed by atoms with Gasteiger partial charge in [-0.2, -0.15) is 0 Å². The van der Waals surface area contributed by atoms with E-state index in [9.17, 15) is 4.39 Å². The minimum atomic E-state index is -0.701. The molecule has 1 aliphatic heterocycles. The van der Waals surface area contributed by atoms with Crippen LogP contribution in [0, 0.1) is 0 Å².